The number of aromatic amines is 1. The number of carbonyl (C=O) groups excluding carboxylic acids is 2. The second kappa shape index (κ2) is 9.73. The van der Waals surface area contributed by atoms with Crippen molar-refractivity contribution < 1.29 is 14.3 Å². The van der Waals surface area contributed by atoms with Crippen LogP contribution in [0.15, 0.2) is 89.1 Å². The van der Waals surface area contributed by atoms with Crippen LogP contribution in [0.25, 0.3) is 11.0 Å². The third-order valence-corrected chi connectivity index (χ3v) is 5.08. The minimum Gasteiger partial charge on any atom is -0.423 e. The Kier molecular flexibility index (Phi) is 6.39. The zero-order valence-electron chi connectivity index (χ0n) is 16.3. The number of para-hydroxylation sites is 2. The summed E-state index contributed by atoms with van der Waals surface area (Å²) in [6.07, 6.45) is 1.52. The van der Waals surface area contributed by atoms with Gasteiger partial charge in [0.25, 0.3) is 5.91 Å². The molecule has 0 atom stereocenters. The van der Waals surface area contributed by atoms with Gasteiger partial charge in [0.05, 0.1) is 28.6 Å². The summed E-state index contributed by atoms with van der Waals surface area (Å²) in [4.78, 5) is 31.6. The molecule has 8 heteroatoms. The van der Waals surface area contributed by atoms with Crippen LogP contribution in [0.2, 0.25) is 0 Å². The molecule has 0 saturated carbocycles. The van der Waals surface area contributed by atoms with Gasteiger partial charge in [-0.3, -0.25) is 4.79 Å². The number of ether oxygens (including phenoxy) is 1. The number of esters is 1. The zero-order chi connectivity index (χ0) is 21.5. The molecule has 0 aliphatic heterocycles. The molecule has 2 N–H and O–H groups in total. The van der Waals surface area contributed by atoms with E-state index in [4.69, 9.17) is 4.74 Å². The number of rotatable bonds is 7. The summed E-state index contributed by atoms with van der Waals surface area (Å²) in [5, 5.41) is 4.64. The van der Waals surface area contributed by atoms with E-state index in [1.54, 1.807) is 48.5 Å². The Balaban J connectivity index is 1.24. The fourth-order valence-electron chi connectivity index (χ4n) is 2.70. The Hall–Kier alpha value is -3.91. The highest BCUT2D eigenvalue weighted by atomic mass is 32.2. The van der Waals surface area contributed by atoms with Gasteiger partial charge in [-0.2, -0.15) is 5.10 Å². The molecule has 0 radical (unpaired) electrons. The minimum absolute atomic E-state index is 0.186. The van der Waals surface area contributed by atoms with Gasteiger partial charge in [-0.25, -0.2) is 15.2 Å². The lowest BCUT2D eigenvalue weighted by molar-refractivity contribution is -0.118. The summed E-state index contributed by atoms with van der Waals surface area (Å²) in [6.45, 7) is 0. The van der Waals surface area contributed by atoms with Crippen molar-refractivity contribution in [3.05, 3.63) is 90.0 Å². The topological polar surface area (TPSA) is 96.4 Å². The van der Waals surface area contributed by atoms with Crippen LogP contribution >= 0.6 is 11.8 Å². The molecule has 154 valence electrons. The molecular weight excluding hydrogens is 412 g/mol. The molecule has 4 rings (SSSR count). The number of amides is 1. The molecule has 7 nitrogen and oxygen atoms in total. The average Bonchev–Trinajstić information content (AvgIpc) is 3.22. The summed E-state index contributed by atoms with van der Waals surface area (Å²) < 4.78 is 5.33. The molecule has 0 bridgehead atoms. The number of aromatic nitrogens is 2. The quantitative estimate of drug-likeness (QED) is 0.152. The second-order valence-corrected chi connectivity index (χ2v) is 7.43. The maximum atomic E-state index is 12.1. The van der Waals surface area contributed by atoms with Crippen molar-refractivity contribution in [3.8, 4) is 5.75 Å². The highest BCUT2D eigenvalue weighted by Gasteiger charge is 2.08. The van der Waals surface area contributed by atoms with Crippen LogP contribution in [0.4, 0.5) is 0 Å². The number of benzene rings is 3. The lowest BCUT2D eigenvalue weighted by Gasteiger charge is -2.04. The van der Waals surface area contributed by atoms with Crippen LogP contribution < -0.4 is 10.2 Å². The smallest absolute Gasteiger partial charge is 0.343 e. The number of imidazole rings is 1. The van der Waals surface area contributed by atoms with Crippen molar-refractivity contribution in [1.82, 2.24) is 15.4 Å². The Morgan fingerprint density at radius 2 is 1.74 bits per heavy atom. The van der Waals surface area contributed by atoms with Gasteiger partial charge in [-0.15, -0.1) is 0 Å². The van der Waals surface area contributed by atoms with E-state index in [9.17, 15) is 9.59 Å². The Labute approximate surface area is 182 Å². The minimum atomic E-state index is -0.420. The molecule has 3 aromatic carbocycles. The first-order chi connectivity index (χ1) is 15.2. The molecule has 0 unspecified atom stereocenters. The molecule has 0 saturated heterocycles. The van der Waals surface area contributed by atoms with Crippen molar-refractivity contribution in [2.45, 2.75) is 5.16 Å². The lowest BCUT2D eigenvalue weighted by Crippen LogP contribution is -2.19. The van der Waals surface area contributed by atoms with E-state index in [2.05, 4.69) is 20.5 Å². The average molecular weight is 430 g/mol. The van der Waals surface area contributed by atoms with E-state index in [1.165, 1.54) is 18.0 Å². The van der Waals surface area contributed by atoms with E-state index < -0.39 is 5.97 Å². The summed E-state index contributed by atoms with van der Waals surface area (Å²) in [5.41, 5.74) is 5.52. The first-order valence-electron chi connectivity index (χ1n) is 9.44. The molecule has 1 amide bonds. The van der Waals surface area contributed by atoms with E-state index in [1.807, 2.05) is 30.3 Å². The van der Waals surface area contributed by atoms with E-state index in [-0.39, 0.29) is 11.7 Å². The SMILES string of the molecule is O=C(CSc1nc2ccccc2[nH]1)N/N=C\c1ccc(OC(=O)c2ccccc2)cc1. The van der Waals surface area contributed by atoms with Crippen molar-refractivity contribution in [1.29, 1.82) is 0 Å². The number of thioether (sulfide) groups is 1. The summed E-state index contributed by atoms with van der Waals surface area (Å²) in [7, 11) is 0. The van der Waals surface area contributed by atoms with Gasteiger partial charge in [0.2, 0.25) is 0 Å². The number of hydrogen-bond acceptors (Lipinski definition) is 6. The monoisotopic (exact) mass is 430 g/mol. The highest BCUT2D eigenvalue weighted by molar-refractivity contribution is 7.99. The van der Waals surface area contributed by atoms with Crippen molar-refractivity contribution in [2.24, 2.45) is 5.10 Å². The maximum absolute atomic E-state index is 12.1. The van der Waals surface area contributed by atoms with Gasteiger partial charge in [0.1, 0.15) is 5.75 Å². The molecule has 0 fully saturated rings. The van der Waals surface area contributed by atoms with Gasteiger partial charge in [-0.1, -0.05) is 42.1 Å². The number of hydrogen-bond donors (Lipinski definition) is 2. The standard InChI is InChI=1S/C23H18N4O3S/c28-21(15-31-23-25-19-8-4-5-9-20(19)26-23)27-24-14-16-10-12-18(13-11-16)30-22(29)17-6-2-1-3-7-17/h1-14H,15H2,(H,25,26)(H,27,28)/b24-14-. The first-order valence-corrected chi connectivity index (χ1v) is 10.4. The Morgan fingerprint density at radius 1 is 1.00 bits per heavy atom. The van der Waals surface area contributed by atoms with Crippen LogP contribution in [-0.2, 0) is 4.79 Å². The predicted molar refractivity (Wildman–Crippen MR) is 120 cm³/mol. The number of fused-ring (bicyclic) bond motifs is 1. The Morgan fingerprint density at radius 3 is 2.52 bits per heavy atom. The zero-order valence-corrected chi connectivity index (χ0v) is 17.1. The van der Waals surface area contributed by atoms with Crippen molar-refractivity contribution in [2.75, 3.05) is 5.75 Å². The summed E-state index contributed by atoms with van der Waals surface area (Å²) in [6, 6.07) is 23.3. The molecule has 1 heterocycles. The van der Waals surface area contributed by atoms with Crippen LogP contribution in [0, 0.1) is 0 Å². The van der Waals surface area contributed by atoms with Gasteiger partial charge in [0, 0.05) is 0 Å². The normalized spacial score (nSPS) is 11.0. The van der Waals surface area contributed by atoms with Gasteiger partial charge >= 0.3 is 5.97 Å². The fraction of sp³-hybridized carbons (Fsp3) is 0.0435. The maximum Gasteiger partial charge on any atom is 0.343 e. The lowest BCUT2D eigenvalue weighted by atomic mass is 10.2. The van der Waals surface area contributed by atoms with E-state index >= 15 is 0 Å². The molecule has 0 spiro atoms. The number of nitrogens with one attached hydrogen (secondary N) is 2. The first kappa shape index (κ1) is 20.4. The van der Waals surface area contributed by atoms with Crippen LogP contribution in [0.1, 0.15) is 15.9 Å². The highest BCUT2D eigenvalue weighted by Crippen LogP contribution is 2.18. The molecule has 0 aliphatic carbocycles. The van der Waals surface area contributed by atoms with Gasteiger partial charge in [-0.05, 0) is 54.1 Å². The fourth-order valence-corrected chi connectivity index (χ4v) is 3.38. The third kappa shape index (κ3) is 5.58. The molecular formula is C23H18N4O3S. The molecule has 1 aromatic heterocycles. The third-order valence-electron chi connectivity index (χ3n) is 4.21. The molecule has 0 aliphatic rings. The van der Waals surface area contributed by atoms with E-state index in [0.29, 0.717) is 16.5 Å². The second-order valence-electron chi connectivity index (χ2n) is 6.47. The number of nitrogens with zero attached hydrogens (tertiary/aromatic N) is 2. The number of carbonyl (C=O) groups is 2. The molecule has 4 aromatic rings. The van der Waals surface area contributed by atoms with E-state index in [0.717, 1.165) is 16.6 Å². The van der Waals surface area contributed by atoms with Crippen LogP contribution in [0.5, 0.6) is 5.75 Å². The van der Waals surface area contributed by atoms with Crippen molar-refractivity contribution >= 4 is 40.9 Å². The largest absolute Gasteiger partial charge is 0.423 e. The predicted octanol–water partition coefficient (Wildman–Crippen LogP) is 4.02. The Bertz CT molecular complexity index is 1190. The van der Waals surface area contributed by atoms with Crippen LogP contribution in [0.3, 0.4) is 0 Å². The number of H-pyrrole nitrogens is 1. The molecule has 31 heavy (non-hydrogen) atoms. The van der Waals surface area contributed by atoms with Crippen molar-refractivity contribution in [3.63, 3.8) is 0 Å². The van der Waals surface area contributed by atoms with Crippen LogP contribution in [-0.4, -0.2) is 33.8 Å². The summed E-state index contributed by atoms with van der Waals surface area (Å²) in [5.74, 6) is -0.0467. The summed E-state index contributed by atoms with van der Waals surface area (Å²) >= 11 is 1.31. The number of hydrazone groups is 1. The van der Waals surface area contributed by atoms with Gasteiger partial charge in [0.15, 0.2) is 5.16 Å². The van der Waals surface area contributed by atoms with Gasteiger partial charge < -0.3 is 9.72 Å².